The zero-order valence-corrected chi connectivity index (χ0v) is 10.8. The highest BCUT2D eigenvalue weighted by Crippen LogP contribution is 2.21. The molecule has 1 rings (SSSR count). The maximum atomic E-state index is 11.8. The Hall–Kier alpha value is -0.880. The van der Waals surface area contributed by atoms with Crippen molar-refractivity contribution in [2.45, 2.75) is 31.3 Å². The Morgan fingerprint density at radius 1 is 1.50 bits per heavy atom. The van der Waals surface area contributed by atoms with Gasteiger partial charge in [-0.1, -0.05) is 6.92 Å². The molecule has 16 heavy (non-hydrogen) atoms. The van der Waals surface area contributed by atoms with Crippen molar-refractivity contribution in [3.63, 3.8) is 0 Å². The van der Waals surface area contributed by atoms with E-state index in [-0.39, 0.29) is 15.9 Å². The molecule has 1 heterocycles. The third kappa shape index (κ3) is 3.05. The van der Waals surface area contributed by atoms with Crippen molar-refractivity contribution >= 4 is 27.1 Å². The molecule has 0 bridgehead atoms. The van der Waals surface area contributed by atoms with Crippen LogP contribution < -0.4 is 0 Å². The Morgan fingerprint density at radius 2 is 2.12 bits per heavy atom. The van der Waals surface area contributed by atoms with Crippen molar-refractivity contribution in [3.05, 3.63) is 21.9 Å². The van der Waals surface area contributed by atoms with Crippen LogP contribution in [0.2, 0.25) is 0 Å². The molecule has 0 radical (unpaired) electrons. The summed E-state index contributed by atoms with van der Waals surface area (Å²) in [5.41, 5.74) is 0. The second kappa shape index (κ2) is 4.97. The third-order valence-corrected chi connectivity index (χ3v) is 5.93. The lowest BCUT2D eigenvalue weighted by Crippen LogP contribution is -2.18. The van der Waals surface area contributed by atoms with Crippen molar-refractivity contribution in [2.24, 2.45) is 0 Å². The van der Waals surface area contributed by atoms with Crippen LogP contribution in [0.4, 0.5) is 0 Å². The average Bonchev–Trinajstić information content (AvgIpc) is 2.64. The highest BCUT2D eigenvalue weighted by Gasteiger charge is 2.21. The Labute approximate surface area is 98.8 Å². The summed E-state index contributed by atoms with van der Waals surface area (Å²) in [7, 11) is -3.16. The second-order valence-electron chi connectivity index (χ2n) is 3.60. The second-order valence-corrected chi connectivity index (χ2v) is 7.18. The molecule has 1 N–H and O–H groups in total. The van der Waals surface area contributed by atoms with Gasteiger partial charge in [0.25, 0.3) is 0 Å². The minimum absolute atomic E-state index is 0.0695. The van der Waals surface area contributed by atoms with Crippen LogP contribution in [0.3, 0.4) is 0 Å². The number of hydrogen-bond acceptors (Lipinski definition) is 4. The third-order valence-electron chi connectivity index (χ3n) is 2.40. The summed E-state index contributed by atoms with van der Waals surface area (Å²) >= 11 is 1.02. The van der Waals surface area contributed by atoms with Crippen molar-refractivity contribution in [1.29, 1.82) is 0 Å². The minimum Gasteiger partial charge on any atom is -0.477 e. The molecule has 0 aromatic carbocycles. The number of hydrogen-bond donors (Lipinski definition) is 1. The number of rotatable bonds is 5. The number of sulfone groups is 1. The maximum absolute atomic E-state index is 11.8. The predicted octanol–water partition coefficient (Wildman–Crippen LogP) is 2.16. The summed E-state index contributed by atoms with van der Waals surface area (Å²) in [6.07, 6.45) is 0.569. The van der Waals surface area contributed by atoms with Crippen LogP contribution in [0.15, 0.2) is 12.1 Å². The molecule has 0 saturated heterocycles. The molecule has 0 aliphatic carbocycles. The fourth-order valence-corrected chi connectivity index (χ4v) is 3.82. The van der Waals surface area contributed by atoms with E-state index in [1.165, 1.54) is 6.07 Å². The van der Waals surface area contributed by atoms with Gasteiger partial charge < -0.3 is 5.11 Å². The molecule has 0 spiro atoms. The predicted molar refractivity (Wildman–Crippen MR) is 63.7 cm³/mol. The van der Waals surface area contributed by atoms with E-state index < -0.39 is 15.8 Å². The van der Waals surface area contributed by atoms with E-state index in [1.807, 2.05) is 6.92 Å². The quantitative estimate of drug-likeness (QED) is 0.882. The smallest absolute Gasteiger partial charge is 0.345 e. The highest BCUT2D eigenvalue weighted by molar-refractivity contribution is 7.91. The van der Waals surface area contributed by atoms with Crippen molar-refractivity contribution in [2.75, 3.05) is 0 Å². The van der Waals surface area contributed by atoms with Gasteiger partial charge in [-0.25, -0.2) is 13.2 Å². The number of thiophene rings is 1. The zero-order valence-electron chi connectivity index (χ0n) is 9.13. The van der Waals surface area contributed by atoms with E-state index in [2.05, 4.69) is 0 Å². The molecule has 90 valence electrons. The Balaban J connectivity index is 2.85. The van der Waals surface area contributed by atoms with Gasteiger partial charge in [-0.3, -0.25) is 0 Å². The Morgan fingerprint density at radius 3 is 2.56 bits per heavy atom. The lowest BCUT2D eigenvalue weighted by Gasteiger charge is -2.08. The first kappa shape index (κ1) is 13.2. The van der Waals surface area contributed by atoms with Gasteiger partial charge in [-0.15, -0.1) is 11.3 Å². The lowest BCUT2D eigenvalue weighted by atomic mass is 10.4. The summed E-state index contributed by atoms with van der Waals surface area (Å²) in [6.45, 7) is 3.49. The largest absolute Gasteiger partial charge is 0.477 e. The summed E-state index contributed by atoms with van der Waals surface area (Å²) in [5, 5.41) is 8.33. The number of carbonyl (C=O) groups is 1. The molecule has 0 saturated carbocycles. The summed E-state index contributed by atoms with van der Waals surface area (Å²) in [5.74, 6) is -1.09. The molecule has 1 aromatic heterocycles. The molecule has 4 nitrogen and oxygen atoms in total. The summed E-state index contributed by atoms with van der Waals surface area (Å²) in [6, 6.07) is 3.00. The molecule has 1 aromatic rings. The first-order chi connectivity index (χ1) is 7.36. The molecule has 0 aliphatic rings. The van der Waals surface area contributed by atoms with Gasteiger partial charge in [-0.2, -0.15) is 0 Å². The monoisotopic (exact) mass is 262 g/mol. The van der Waals surface area contributed by atoms with Gasteiger partial charge in [-0.05, 0) is 25.5 Å². The van der Waals surface area contributed by atoms with E-state index in [4.69, 9.17) is 5.11 Å². The van der Waals surface area contributed by atoms with Crippen molar-refractivity contribution in [3.8, 4) is 0 Å². The SMILES string of the molecule is CCC(C)S(=O)(=O)Cc1ccc(C(=O)O)s1. The van der Waals surface area contributed by atoms with E-state index >= 15 is 0 Å². The molecule has 1 atom stereocenters. The molecular weight excluding hydrogens is 248 g/mol. The van der Waals surface area contributed by atoms with Crippen LogP contribution in [-0.4, -0.2) is 24.7 Å². The number of carboxylic acid groups (broad SMARTS) is 1. The van der Waals surface area contributed by atoms with E-state index in [0.717, 1.165) is 11.3 Å². The van der Waals surface area contributed by atoms with Crippen molar-refractivity contribution in [1.82, 2.24) is 0 Å². The van der Waals surface area contributed by atoms with Gasteiger partial charge in [0.15, 0.2) is 9.84 Å². The summed E-state index contributed by atoms with van der Waals surface area (Å²) in [4.78, 5) is 11.4. The standard InChI is InChI=1S/C10H14O4S2/c1-3-7(2)16(13,14)6-8-4-5-9(15-8)10(11)12/h4-5,7H,3,6H2,1-2H3,(H,11,12). The zero-order chi connectivity index (χ0) is 12.3. The fourth-order valence-electron chi connectivity index (χ4n) is 1.16. The molecule has 0 amide bonds. The Kier molecular flexibility index (Phi) is 4.09. The van der Waals surface area contributed by atoms with Gasteiger partial charge in [0, 0.05) is 4.88 Å². The van der Waals surface area contributed by atoms with E-state index in [0.29, 0.717) is 11.3 Å². The van der Waals surface area contributed by atoms with Crippen LogP contribution in [0.1, 0.15) is 34.8 Å². The Bertz CT molecular complexity index is 473. The molecular formula is C10H14O4S2. The van der Waals surface area contributed by atoms with Gasteiger partial charge in [0.05, 0.1) is 11.0 Å². The first-order valence-electron chi connectivity index (χ1n) is 4.90. The highest BCUT2D eigenvalue weighted by atomic mass is 32.2. The molecule has 1 unspecified atom stereocenters. The fraction of sp³-hybridized carbons (Fsp3) is 0.500. The summed E-state index contributed by atoms with van der Waals surface area (Å²) < 4.78 is 23.5. The molecule has 0 fully saturated rings. The van der Waals surface area contributed by atoms with Crippen LogP contribution >= 0.6 is 11.3 Å². The number of aromatic carboxylic acids is 1. The van der Waals surface area contributed by atoms with Crippen LogP contribution in [0.25, 0.3) is 0 Å². The van der Waals surface area contributed by atoms with Crippen molar-refractivity contribution < 1.29 is 18.3 Å². The van der Waals surface area contributed by atoms with Gasteiger partial charge >= 0.3 is 5.97 Å². The van der Waals surface area contributed by atoms with Crippen LogP contribution in [0, 0.1) is 0 Å². The van der Waals surface area contributed by atoms with E-state index in [1.54, 1.807) is 13.0 Å². The average molecular weight is 262 g/mol. The normalized spacial score (nSPS) is 13.6. The van der Waals surface area contributed by atoms with Crippen LogP contribution in [-0.2, 0) is 15.6 Å². The number of carboxylic acids is 1. The minimum atomic E-state index is -3.16. The topological polar surface area (TPSA) is 71.4 Å². The van der Waals surface area contributed by atoms with Gasteiger partial charge in [0.2, 0.25) is 0 Å². The van der Waals surface area contributed by atoms with E-state index in [9.17, 15) is 13.2 Å². The molecule has 6 heteroatoms. The lowest BCUT2D eigenvalue weighted by molar-refractivity contribution is 0.0702. The maximum Gasteiger partial charge on any atom is 0.345 e. The first-order valence-corrected chi connectivity index (χ1v) is 7.43. The molecule has 0 aliphatic heterocycles. The van der Waals surface area contributed by atoms with Crippen LogP contribution in [0.5, 0.6) is 0 Å². The van der Waals surface area contributed by atoms with Gasteiger partial charge in [0.1, 0.15) is 4.88 Å².